The molecule has 12 aromatic rings. The second-order valence-electron chi connectivity index (χ2n) is 14.4. The van der Waals surface area contributed by atoms with Gasteiger partial charge in [0.05, 0.1) is 0 Å². The molecule has 10 aromatic carbocycles. The summed E-state index contributed by atoms with van der Waals surface area (Å²) in [6.45, 7) is 0. The summed E-state index contributed by atoms with van der Waals surface area (Å²) in [6, 6.07) is 67.9. The SMILES string of the molecule is c1ccc2c(-c3c4ccccc4c(-c4ccc(-c5ccc6sc7cc8cc9sc%10ccccc%10c9cc8cc7c6c5)cc4)c4ccccc34)cccc2c1. The molecule has 0 spiro atoms. The van der Waals surface area contributed by atoms with E-state index >= 15 is 0 Å². The van der Waals surface area contributed by atoms with Gasteiger partial charge >= 0.3 is 0 Å². The lowest BCUT2D eigenvalue weighted by atomic mass is 9.84. The first-order chi connectivity index (χ1) is 26.7. The van der Waals surface area contributed by atoms with Crippen LogP contribution < -0.4 is 0 Å². The summed E-state index contributed by atoms with van der Waals surface area (Å²) in [6.07, 6.45) is 0. The largest absolute Gasteiger partial charge is 0.135 e. The maximum Gasteiger partial charge on any atom is 0.0361 e. The molecule has 2 heteroatoms. The number of benzene rings is 10. The zero-order chi connectivity index (χ0) is 35.3. The molecular weight excluding hydrogens is 689 g/mol. The lowest BCUT2D eigenvalue weighted by Gasteiger charge is -2.19. The fraction of sp³-hybridized carbons (Fsp3) is 0. The molecule has 0 aliphatic rings. The van der Waals surface area contributed by atoms with Crippen LogP contribution in [0.2, 0.25) is 0 Å². The normalized spacial score (nSPS) is 12.1. The standard InChI is InChI=1S/C52H30S2/c1-2-12-37-32(10-1)11-9-18-39(37)52-42-16-5-3-14-40(42)51(41-15-4-6-17-43(41)52)33-22-20-31(21-23-33)34-24-25-48-45(26-34)46-28-35-27-44-38-13-7-8-19-47(38)53-49(44)29-36(35)30-50(46)54-48/h1-30H. The number of hydrogen-bond donors (Lipinski definition) is 0. The van der Waals surface area contributed by atoms with E-state index in [9.17, 15) is 0 Å². The average Bonchev–Trinajstić information content (AvgIpc) is 3.77. The Hall–Kier alpha value is -6.32. The predicted octanol–water partition coefficient (Wildman–Crippen LogP) is 16.0. The van der Waals surface area contributed by atoms with Gasteiger partial charge in [0, 0.05) is 40.3 Å². The van der Waals surface area contributed by atoms with Crippen molar-refractivity contribution in [1.82, 2.24) is 0 Å². The van der Waals surface area contributed by atoms with Crippen LogP contribution in [0, 0.1) is 0 Å². The van der Waals surface area contributed by atoms with Crippen molar-refractivity contribution in [3.8, 4) is 33.4 Å². The van der Waals surface area contributed by atoms with Crippen molar-refractivity contribution < 1.29 is 0 Å². The fourth-order valence-electron chi connectivity index (χ4n) is 8.92. The Bertz CT molecular complexity index is 3430. The van der Waals surface area contributed by atoms with Gasteiger partial charge in [0.1, 0.15) is 0 Å². The maximum absolute atomic E-state index is 2.42. The predicted molar refractivity (Wildman–Crippen MR) is 239 cm³/mol. The molecular formula is C52H30S2. The third kappa shape index (κ3) is 4.48. The number of thiophene rings is 2. The van der Waals surface area contributed by atoms with Crippen molar-refractivity contribution >= 4 is 106 Å². The first-order valence-corrected chi connectivity index (χ1v) is 20.1. The van der Waals surface area contributed by atoms with E-state index in [1.165, 1.54) is 117 Å². The number of hydrogen-bond acceptors (Lipinski definition) is 2. The number of fused-ring (bicyclic) bond motifs is 10. The van der Waals surface area contributed by atoms with Crippen molar-refractivity contribution in [3.05, 3.63) is 182 Å². The molecule has 0 unspecified atom stereocenters. The quantitative estimate of drug-likeness (QED) is 0.160. The highest BCUT2D eigenvalue weighted by molar-refractivity contribution is 7.26. The van der Waals surface area contributed by atoms with E-state index in [0.29, 0.717) is 0 Å². The van der Waals surface area contributed by atoms with Crippen molar-refractivity contribution in [2.24, 2.45) is 0 Å². The van der Waals surface area contributed by atoms with Gasteiger partial charge < -0.3 is 0 Å². The minimum absolute atomic E-state index is 1.23. The van der Waals surface area contributed by atoms with Crippen LogP contribution in [0.15, 0.2) is 182 Å². The van der Waals surface area contributed by atoms with Crippen LogP contribution in [0.3, 0.4) is 0 Å². The van der Waals surface area contributed by atoms with E-state index in [4.69, 9.17) is 0 Å². The maximum atomic E-state index is 2.42. The molecule has 0 saturated carbocycles. The van der Waals surface area contributed by atoms with E-state index in [1.807, 2.05) is 22.7 Å². The fourth-order valence-corrected chi connectivity index (χ4v) is 11.2. The van der Waals surface area contributed by atoms with Gasteiger partial charge in [-0.2, -0.15) is 0 Å². The Kier molecular flexibility index (Phi) is 6.48. The van der Waals surface area contributed by atoms with Crippen LogP contribution in [0.4, 0.5) is 0 Å². The summed E-state index contributed by atoms with van der Waals surface area (Å²) in [5.41, 5.74) is 7.57. The Morgan fingerprint density at radius 3 is 1.43 bits per heavy atom. The van der Waals surface area contributed by atoms with Gasteiger partial charge in [-0.15, -0.1) is 22.7 Å². The van der Waals surface area contributed by atoms with Gasteiger partial charge in [-0.25, -0.2) is 0 Å². The average molecular weight is 719 g/mol. The summed E-state index contributed by atoms with van der Waals surface area (Å²) >= 11 is 3.79. The zero-order valence-electron chi connectivity index (χ0n) is 29.1. The van der Waals surface area contributed by atoms with E-state index in [1.54, 1.807) is 0 Å². The van der Waals surface area contributed by atoms with Gasteiger partial charge in [0.2, 0.25) is 0 Å². The van der Waals surface area contributed by atoms with Crippen molar-refractivity contribution in [3.63, 3.8) is 0 Å². The summed E-state index contributed by atoms with van der Waals surface area (Å²) in [4.78, 5) is 0. The minimum atomic E-state index is 1.23. The van der Waals surface area contributed by atoms with E-state index in [0.717, 1.165) is 0 Å². The van der Waals surface area contributed by atoms with E-state index in [-0.39, 0.29) is 0 Å². The molecule has 250 valence electrons. The van der Waals surface area contributed by atoms with E-state index < -0.39 is 0 Å². The third-order valence-electron chi connectivity index (χ3n) is 11.4. The molecule has 54 heavy (non-hydrogen) atoms. The van der Waals surface area contributed by atoms with Gasteiger partial charge in [0.25, 0.3) is 0 Å². The van der Waals surface area contributed by atoms with Crippen LogP contribution in [0.25, 0.3) is 117 Å². The van der Waals surface area contributed by atoms with Gasteiger partial charge in [0.15, 0.2) is 0 Å². The van der Waals surface area contributed by atoms with Crippen molar-refractivity contribution in [2.45, 2.75) is 0 Å². The summed E-state index contributed by atoms with van der Waals surface area (Å²) in [5, 5.41) is 15.6. The topological polar surface area (TPSA) is 0 Å². The first-order valence-electron chi connectivity index (χ1n) is 18.5. The molecule has 0 saturated heterocycles. The monoisotopic (exact) mass is 718 g/mol. The second-order valence-corrected chi connectivity index (χ2v) is 16.6. The van der Waals surface area contributed by atoms with Crippen LogP contribution in [0.1, 0.15) is 0 Å². The Morgan fingerprint density at radius 2 is 0.722 bits per heavy atom. The molecule has 0 N–H and O–H groups in total. The molecule has 0 fully saturated rings. The van der Waals surface area contributed by atoms with Crippen LogP contribution >= 0.6 is 22.7 Å². The Labute approximate surface area is 319 Å². The molecule has 0 atom stereocenters. The lowest BCUT2D eigenvalue weighted by molar-refractivity contribution is 1.64. The van der Waals surface area contributed by atoms with Crippen molar-refractivity contribution in [1.29, 1.82) is 0 Å². The highest BCUT2D eigenvalue weighted by Crippen LogP contribution is 2.46. The van der Waals surface area contributed by atoms with Crippen LogP contribution in [0.5, 0.6) is 0 Å². The molecule has 12 rings (SSSR count). The molecule has 0 bridgehead atoms. The Balaban J connectivity index is 0.994. The minimum Gasteiger partial charge on any atom is -0.135 e. The van der Waals surface area contributed by atoms with Gasteiger partial charge in [-0.3, -0.25) is 0 Å². The molecule has 0 nitrogen and oxygen atoms in total. The highest BCUT2D eigenvalue weighted by atomic mass is 32.1. The zero-order valence-corrected chi connectivity index (χ0v) is 30.8. The second kappa shape index (κ2) is 11.6. The third-order valence-corrected chi connectivity index (χ3v) is 13.7. The summed E-state index contributed by atoms with van der Waals surface area (Å²) < 4.78 is 5.38. The van der Waals surface area contributed by atoms with E-state index in [2.05, 4.69) is 182 Å². The summed E-state index contributed by atoms with van der Waals surface area (Å²) in [5.74, 6) is 0. The molecule has 0 aliphatic carbocycles. The molecule has 2 heterocycles. The van der Waals surface area contributed by atoms with Crippen molar-refractivity contribution in [2.75, 3.05) is 0 Å². The first kappa shape index (κ1) is 30.2. The van der Waals surface area contributed by atoms with Crippen LogP contribution in [-0.2, 0) is 0 Å². The molecule has 0 aliphatic heterocycles. The summed E-state index contributed by atoms with van der Waals surface area (Å²) in [7, 11) is 0. The van der Waals surface area contributed by atoms with Gasteiger partial charge in [-0.1, -0.05) is 140 Å². The molecule has 0 radical (unpaired) electrons. The smallest absolute Gasteiger partial charge is 0.0361 e. The highest BCUT2D eigenvalue weighted by Gasteiger charge is 2.18. The van der Waals surface area contributed by atoms with Crippen LogP contribution in [-0.4, -0.2) is 0 Å². The Morgan fingerprint density at radius 1 is 0.241 bits per heavy atom. The molecule has 2 aromatic heterocycles. The molecule has 0 amide bonds. The lowest BCUT2D eigenvalue weighted by Crippen LogP contribution is -1.91. The van der Waals surface area contributed by atoms with Gasteiger partial charge in [-0.05, 0) is 119 Å². The number of rotatable bonds is 3.